The van der Waals surface area contributed by atoms with Gasteiger partial charge in [0, 0.05) is 12.4 Å². The minimum atomic E-state index is -0.142. The molecule has 2 aromatic heterocycles. The van der Waals surface area contributed by atoms with Gasteiger partial charge in [-0.1, -0.05) is 25.5 Å². The van der Waals surface area contributed by atoms with Crippen LogP contribution in [0.5, 0.6) is 0 Å². The predicted octanol–water partition coefficient (Wildman–Crippen LogP) is 2.49. The van der Waals surface area contributed by atoms with Gasteiger partial charge in [-0.3, -0.25) is 9.78 Å². The maximum atomic E-state index is 12.2. The number of ether oxygens (including phenoxy) is 1. The fourth-order valence-corrected chi connectivity index (χ4v) is 2.64. The maximum absolute atomic E-state index is 12.2. The second kappa shape index (κ2) is 8.39. The molecule has 1 aromatic carbocycles. The number of unbranched alkanes of at least 4 members (excludes halogenated alkanes) is 1. The van der Waals surface area contributed by atoms with Crippen LogP contribution in [0.25, 0.3) is 11.0 Å². The first-order valence-electron chi connectivity index (χ1n) is 8.53. The highest BCUT2D eigenvalue weighted by molar-refractivity contribution is 5.93. The standard InChI is InChI=1S/C19H22N4O2/c1-2-3-11-25-15-23-14-22(17-8-4-5-9-18(17)23)13-21-19(24)16-7-6-10-20-12-16/h4-10,12,14H,2-3,11,13,15H2,1H3/p+1. The quantitative estimate of drug-likeness (QED) is 0.507. The van der Waals surface area contributed by atoms with Crippen molar-refractivity contribution in [3.05, 3.63) is 60.7 Å². The summed E-state index contributed by atoms with van der Waals surface area (Å²) in [6.07, 6.45) is 7.36. The second-order valence-electron chi connectivity index (χ2n) is 5.84. The monoisotopic (exact) mass is 339 g/mol. The Morgan fingerprint density at radius 3 is 2.96 bits per heavy atom. The van der Waals surface area contributed by atoms with Gasteiger partial charge in [-0.25, -0.2) is 9.13 Å². The highest BCUT2D eigenvalue weighted by Gasteiger charge is 2.16. The third-order valence-corrected chi connectivity index (χ3v) is 3.99. The van der Waals surface area contributed by atoms with Crippen LogP contribution in [0.4, 0.5) is 0 Å². The van der Waals surface area contributed by atoms with E-state index in [9.17, 15) is 4.79 Å². The first kappa shape index (κ1) is 17.1. The van der Waals surface area contributed by atoms with E-state index < -0.39 is 0 Å². The Labute approximate surface area is 147 Å². The second-order valence-corrected chi connectivity index (χ2v) is 5.84. The Morgan fingerprint density at radius 2 is 2.16 bits per heavy atom. The molecular weight excluding hydrogens is 316 g/mol. The molecule has 0 aliphatic heterocycles. The summed E-state index contributed by atoms with van der Waals surface area (Å²) in [4.78, 5) is 16.2. The third-order valence-electron chi connectivity index (χ3n) is 3.99. The molecule has 0 atom stereocenters. The molecule has 3 aromatic rings. The molecule has 6 heteroatoms. The summed E-state index contributed by atoms with van der Waals surface area (Å²) in [5, 5.41) is 2.93. The minimum Gasteiger partial charge on any atom is -0.342 e. The van der Waals surface area contributed by atoms with Crippen molar-refractivity contribution in [1.29, 1.82) is 0 Å². The van der Waals surface area contributed by atoms with E-state index in [2.05, 4.69) is 27.9 Å². The fraction of sp³-hybridized carbons (Fsp3) is 0.316. The number of benzene rings is 1. The number of aromatic nitrogens is 3. The fourth-order valence-electron chi connectivity index (χ4n) is 2.64. The van der Waals surface area contributed by atoms with Gasteiger partial charge >= 0.3 is 0 Å². The molecule has 0 saturated heterocycles. The van der Waals surface area contributed by atoms with E-state index in [1.54, 1.807) is 24.5 Å². The van der Waals surface area contributed by atoms with E-state index in [-0.39, 0.29) is 5.91 Å². The lowest BCUT2D eigenvalue weighted by Gasteiger charge is -2.02. The highest BCUT2D eigenvalue weighted by atomic mass is 16.5. The van der Waals surface area contributed by atoms with Crippen LogP contribution in [-0.4, -0.2) is 22.1 Å². The molecule has 25 heavy (non-hydrogen) atoms. The predicted molar refractivity (Wildman–Crippen MR) is 94.7 cm³/mol. The molecule has 0 spiro atoms. The molecule has 0 bridgehead atoms. The van der Waals surface area contributed by atoms with E-state index in [0.717, 1.165) is 30.5 Å². The van der Waals surface area contributed by atoms with Gasteiger partial charge in [0.15, 0.2) is 24.4 Å². The Hall–Kier alpha value is -2.73. The van der Waals surface area contributed by atoms with Crippen LogP contribution in [0.2, 0.25) is 0 Å². The Kier molecular flexibility index (Phi) is 5.74. The van der Waals surface area contributed by atoms with Crippen LogP contribution < -0.4 is 9.88 Å². The summed E-state index contributed by atoms with van der Waals surface area (Å²) >= 11 is 0. The average Bonchev–Trinajstić information content (AvgIpc) is 3.02. The van der Waals surface area contributed by atoms with Crippen LogP contribution in [0.3, 0.4) is 0 Å². The zero-order valence-electron chi connectivity index (χ0n) is 14.4. The van der Waals surface area contributed by atoms with Crippen LogP contribution in [-0.2, 0) is 18.1 Å². The first-order valence-corrected chi connectivity index (χ1v) is 8.53. The van der Waals surface area contributed by atoms with Gasteiger partial charge in [-0.15, -0.1) is 0 Å². The Balaban J connectivity index is 1.71. The van der Waals surface area contributed by atoms with Crippen LogP contribution in [0, 0.1) is 0 Å². The number of nitrogens with one attached hydrogen (secondary N) is 1. The molecular formula is C19H23N4O2+. The summed E-state index contributed by atoms with van der Waals surface area (Å²) in [5.41, 5.74) is 2.68. The molecule has 1 N–H and O–H groups in total. The van der Waals surface area contributed by atoms with E-state index in [1.807, 2.05) is 29.1 Å². The summed E-state index contributed by atoms with van der Waals surface area (Å²) < 4.78 is 9.79. The van der Waals surface area contributed by atoms with Crippen LogP contribution >= 0.6 is 0 Å². The van der Waals surface area contributed by atoms with Crippen LogP contribution in [0.1, 0.15) is 30.1 Å². The SMILES string of the molecule is CCCCOCn1c[n+](CNC(=O)c2cccnc2)c2ccccc21. The van der Waals surface area contributed by atoms with Crippen molar-refractivity contribution >= 4 is 16.9 Å². The molecule has 0 unspecified atom stereocenters. The van der Waals surface area contributed by atoms with E-state index in [0.29, 0.717) is 19.0 Å². The van der Waals surface area contributed by atoms with Crippen molar-refractivity contribution in [2.45, 2.75) is 33.2 Å². The van der Waals surface area contributed by atoms with Gasteiger partial charge in [0.05, 0.1) is 12.2 Å². The number of hydrogen-bond donors (Lipinski definition) is 1. The number of fused-ring (bicyclic) bond motifs is 1. The number of amides is 1. The zero-order chi connectivity index (χ0) is 17.5. The summed E-state index contributed by atoms with van der Waals surface area (Å²) in [6.45, 7) is 3.79. The van der Waals surface area contributed by atoms with E-state index >= 15 is 0 Å². The largest absolute Gasteiger partial charge is 0.342 e. The van der Waals surface area contributed by atoms with E-state index in [1.165, 1.54) is 0 Å². The smallest absolute Gasteiger partial charge is 0.255 e. The van der Waals surface area contributed by atoms with Crippen molar-refractivity contribution in [3.63, 3.8) is 0 Å². The van der Waals surface area contributed by atoms with Crippen molar-refractivity contribution < 1.29 is 14.1 Å². The number of hydrogen-bond acceptors (Lipinski definition) is 3. The normalized spacial score (nSPS) is 10.9. The number of para-hydroxylation sites is 2. The number of rotatable bonds is 8. The Bertz CT molecular complexity index is 830. The molecule has 0 saturated carbocycles. The summed E-state index contributed by atoms with van der Waals surface area (Å²) in [5.74, 6) is -0.142. The lowest BCUT2D eigenvalue weighted by Crippen LogP contribution is -2.43. The maximum Gasteiger partial charge on any atom is 0.255 e. The molecule has 0 fully saturated rings. The molecule has 6 nitrogen and oxygen atoms in total. The van der Waals surface area contributed by atoms with Gasteiger partial charge < -0.3 is 10.1 Å². The van der Waals surface area contributed by atoms with Crippen LogP contribution in [0.15, 0.2) is 55.1 Å². The summed E-state index contributed by atoms with van der Waals surface area (Å²) in [7, 11) is 0. The van der Waals surface area contributed by atoms with Crippen molar-refractivity contribution in [2.75, 3.05) is 6.61 Å². The van der Waals surface area contributed by atoms with Crippen molar-refractivity contribution in [2.24, 2.45) is 0 Å². The van der Waals surface area contributed by atoms with E-state index in [4.69, 9.17) is 4.74 Å². The molecule has 1 amide bonds. The lowest BCUT2D eigenvalue weighted by molar-refractivity contribution is -0.675. The van der Waals surface area contributed by atoms with Gasteiger partial charge in [0.2, 0.25) is 6.33 Å². The third kappa shape index (κ3) is 4.22. The lowest BCUT2D eigenvalue weighted by atomic mass is 10.3. The first-order chi connectivity index (χ1) is 12.3. The average molecular weight is 339 g/mol. The van der Waals surface area contributed by atoms with Gasteiger partial charge in [0.25, 0.3) is 5.91 Å². The summed E-state index contributed by atoms with van der Waals surface area (Å²) in [6, 6.07) is 11.6. The molecule has 2 heterocycles. The molecule has 130 valence electrons. The van der Waals surface area contributed by atoms with Gasteiger partial charge in [-0.05, 0) is 30.7 Å². The van der Waals surface area contributed by atoms with Gasteiger partial charge in [0.1, 0.15) is 0 Å². The zero-order valence-corrected chi connectivity index (χ0v) is 14.4. The number of imidazole rings is 1. The highest BCUT2D eigenvalue weighted by Crippen LogP contribution is 2.10. The van der Waals surface area contributed by atoms with Crippen molar-refractivity contribution in [1.82, 2.24) is 14.9 Å². The topological polar surface area (TPSA) is 60.0 Å². The number of pyridine rings is 1. The molecule has 0 radical (unpaired) electrons. The molecule has 0 aliphatic rings. The van der Waals surface area contributed by atoms with Gasteiger partial charge in [-0.2, -0.15) is 0 Å². The number of carbonyl (C=O) groups is 1. The Morgan fingerprint density at radius 1 is 1.28 bits per heavy atom. The number of carbonyl (C=O) groups excluding carboxylic acids is 1. The van der Waals surface area contributed by atoms with Crippen molar-refractivity contribution in [3.8, 4) is 0 Å². The number of nitrogens with zero attached hydrogens (tertiary/aromatic N) is 3. The molecule has 3 rings (SSSR count). The minimum absolute atomic E-state index is 0.142. The molecule has 0 aliphatic carbocycles.